The van der Waals surface area contributed by atoms with Crippen LogP contribution in [0, 0.1) is 11.3 Å². The first kappa shape index (κ1) is 14.6. The summed E-state index contributed by atoms with van der Waals surface area (Å²) in [5, 5.41) is 9.05. The molecule has 1 aromatic rings. The Kier molecular flexibility index (Phi) is 3.86. The van der Waals surface area contributed by atoms with E-state index in [4.69, 9.17) is 10.00 Å². The van der Waals surface area contributed by atoms with Gasteiger partial charge >= 0.3 is 6.18 Å². The molecule has 0 aromatic carbocycles. The summed E-state index contributed by atoms with van der Waals surface area (Å²) in [7, 11) is 0. The molecule has 0 saturated carbocycles. The minimum atomic E-state index is -4.52. The summed E-state index contributed by atoms with van der Waals surface area (Å²) in [4.78, 5) is 5.30. The molecule has 0 bridgehead atoms. The molecule has 0 spiro atoms. The van der Waals surface area contributed by atoms with E-state index in [1.165, 1.54) is 0 Å². The van der Waals surface area contributed by atoms with E-state index in [-0.39, 0.29) is 23.6 Å². The summed E-state index contributed by atoms with van der Waals surface area (Å²) >= 11 is 0. The first-order valence-corrected chi connectivity index (χ1v) is 6.20. The number of pyridine rings is 1. The number of hydrogen-bond donors (Lipinski definition) is 0. The monoisotopic (exact) mass is 285 g/mol. The van der Waals surface area contributed by atoms with Crippen molar-refractivity contribution in [1.29, 1.82) is 5.26 Å². The highest BCUT2D eigenvalue weighted by Gasteiger charge is 2.34. The van der Waals surface area contributed by atoms with E-state index in [1.807, 2.05) is 19.9 Å². The topological polar surface area (TPSA) is 49.2 Å². The van der Waals surface area contributed by atoms with Crippen molar-refractivity contribution in [3.8, 4) is 6.07 Å². The van der Waals surface area contributed by atoms with E-state index >= 15 is 0 Å². The van der Waals surface area contributed by atoms with E-state index < -0.39 is 11.9 Å². The maximum absolute atomic E-state index is 12.7. The van der Waals surface area contributed by atoms with Gasteiger partial charge in [-0.3, -0.25) is 0 Å². The molecule has 4 nitrogen and oxygen atoms in total. The Morgan fingerprint density at radius 3 is 2.40 bits per heavy atom. The Morgan fingerprint density at radius 1 is 1.30 bits per heavy atom. The van der Waals surface area contributed by atoms with Crippen LogP contribution in [0.3, 0.4) is 0 Å². The average Bonchev–Trinajstić information content (AvgIpc) is 2.35. The summed E-state index contributed by atoms with van der Waals surface area (Å²) in [6.45, 7) is 4.49. The van der Waals surface area contributed by atoms with Crippen LogP contribution in [0.5, 0.6) is 0 Å². The molecule has 1 fully saturated rings. The maximum atomic E-state index is 12.7. The van der Waals surface area contributed by atoms with Crippen LogP contribution in [0.25, 0.3) is 0 Å². The van der Waals surface area contributed by atoms with Crippen LogP contribution in [0.4, 0.5) is 19.0 Å². The lowest BCUT2D eigenvalue weighted by molar-refractivity contribution is -0.141. The fourth-order valence-electron chi connectivity index (χ4n) is 2.29. The van der Waals surface area contributed by atoms with Gasteiger partial charge in [0.2, 0.25) is 0 Å². The quantitative estimate of drug-likeness (QED) is 0.795. The lowest BCUT2D eigenvalue weighted by Crippen LogP contribution is -2.46. The van der Waals surface area contributed by atoms with Crippen LogP contribution in [0.1, 0.15) is 25.1 Å². The number of anilines is 1. The molecular formula is C13H14F3N3O. The van der Waals surface area contributed by atoms with Crippen LogP contribution in [0.2, 0.25) is 0 Å². The predicted molar refractivity (Wildman–Crippen MR) is 66.2 cm³/mol. The Labute approximate surface area is 114 Å². The molecule has 108 valence electrons. The summed E-state index contributed by atoms with van der Waals surface area (Å²) in [5.74, 6) is 0.0734. The largest absolute Gasteiger partial charge is 0.433 e. The van der Waals surface area contributed by atoms with Gasteiger partial charge in [0.15, 0.2) is 0 Å². The van der Waals surface area contributed by atoms with Gasteiger partial charge in [0.05, 0.1) is 17.8 Å². The van der Waals surface area contributed by atoms with Crippen molar-refractivity contribution in [2.75, 3.05) is 18.0 Å². The lowest BCUT2D eigenvalue weighted by Gasteiger charge is -2.36. The molecule has 0 N–H and O–H groups in total. The van der Waals surface area contributed by atoms with Crippen LogP contribution >= 0.6 is 0 Å². The van der Waals surface area contributed by atoms with E-state index in [0.29, 0.717) is 13.1 Å². The van der Waals surface area contributed by atoms with Crippen molar-refractivity contribution >= 4 is 5.82 Å². The summed E-state index contributed by atoms with van der Waals surface area (Å²) in [6.07, 6.45) is -4.77. The minimum Gasteiger partial charge on any atom is -0.372 e. The number of alkyl halides is 3. The molecular weight excluding hydrogens is 271 g/mol. The van der Waals surface area contributed by atoms with Crippen LogP contribution in [0.15, 0.2) is 12.1 Å². The average molecular weight is 285 g/mol. The fourth-order valence-corrected chi connectivity index (χ4v) is 2.29. The molecule has 7 heteroatoms. The molecule has 1 aromatic heterocycles. The Bertz CT molecular complexity index is 529. The third kappa shape index (κ3) is 3.02. The number of rotatable bonds is 1. The van der Waals surface area contributed by atoms with Gasteiger partial charge in [-0.1, -0.05) is 0 Å². The molecule has 2 atom stereocenters. The molecule has 0 aliphatic carbocycles. The summed E-state index contributed by atoms with van der Waals surface area (Å²) in [6, 6.07) is 3.88. The van der Waals surface area contributed by atoms with Gasteiger partial charge < -0.3 is 9.64 Å². The van der Waals surface area contributed by atoms with Gasteiger partial charge in [0.1, 0.15) is 17.6 Å². The second-order valence-corrected chi connectivity index (χ2v) is 4.84. The SMILES string of the molecule is CC1CN(c2nc(C(F)(F)F)ccc2C#N)CC(C)O1. The number of morpholine rings is 1. The van der Waals surface area contributed by atoms with Gasteiger partial charge in [-0.05, 0) is 26.0 Å². The van der Waals surface area contributed by atoms with Crippen LogP contribution in [-0.4, -0.2) is 30.3 Å². The van der Waals surface area contributed by atoms with Gasteiger partial charge in [0, 0.05) is 13.1 Å². The molecule has 2 rings (SSSR count). The third-order valence-electron chi connectivity index (χ3n) is 3.01. The summed E-state index contributed by atoms with van der Waals surface area (Å²) in [5.41, 5.74) is -0.849. The van der Waals surface area contributed by atoms with Crippen molar-refractivity contribution in [3.05, 3.63) is 23.4 Å². The molecule has 20 heavy (non-hydrogen) atoms. The zero-order chi connectivity index (χ0) is 14.9. The normalized spacial score (nSPS) is 23.5. The number of hydrogen-bond acceptors (Lipinski definition) is 4. The number of nitrogens with zero attached hydrogens (tertiary/aromatic N) is 3. The van der Waals surface area contributed by atoms with Crippen molar-refractivity contribution in [3.63, 3.8) is 0 Å². The molecule has 1 saturated heterocycles. The zero-order valence-corrected chi connectivity index (χ0v) is 11.1. The molecule has 1 aliphatic rings. The Balaban J connectivity index is 2.41. The second kappa shape index (κ2) is 5.29. The zero-order valence-electron chi connectivity index (χ0n) is 11.1. The number of nitriles is 1. The van der Waals surface area contributed by atoms with Crippen molar-refractivity contribution in [2.45, 2.75) is 32.2 Å². The van der Waals surface area contributed by atoms with Gasteiger partial charge in [-0.2, -0.15) is 18.4 Å². The molecule has 0 radical (unpaired) electrons. The van der Waals surface area contributed by atoms with Crippen LogP contribution in [-0.2, 0) is 10.9 Å². The van der Waals surface area contributed by atoms with E-state index in [9.17, 15) is 13.2 Å². The molecule has 1 aliphatic heterocycles. The first-order valence-electron chi connectivity index (χ1n) is 6.20. The van der Waals surface area contributed by atoms with E-state index in [0.717, 1.165) is 12.1 Å². The standard InChI is InChI=1S/C13H14F3N3O/c1-8-6-19(7-9(2)20-8)12-10(5-17)3-4-11(18-12)13(14,15)16/h3-4,8-9H,6-7H2,1-2H3. The van der Waals surface area contributed by atoms with Crippen molar-refractivity contribution in [1.82, 2.24) is 4.98 Å². The Morgan fingerprint density at radius 2 is 1.90 bits per heavy atom. The highest BCUT2D eigenvalue weighted by molar-refractivity contribution is 5.55. The lowest BCUT2D eigenvalue weighted by atomic mass is 10.2. The minimum absolute atomic E-state index is 0.0734. The van der Waals surface area contributed by atoms with Crippen molar-refractivity contribution < 1.29 is 17.9 Å². The van der Waals surface area contributed by atoms with Gasteiger partial charge in [-0.15, -0.1) is 0 Å². The molecule has 2 unspecified atom stereocenters. The number of aromatic nitrogens is 1. The van der Waals surface area contributed by atoms with E-state index in [2.05, 4.69) is 4.98 Å². The third-order valence-corrected chi connectivity index (χ3v) is 3.01. The fraction of sp³-hybridized carbons (Fsp3) is 0.538. The first-order chi connectivity index (χ1) is 9.31. The van der Waals surface area contributed by atoms with Gasteiger partial charge in [0.25, 0.3) is 0 Å². The van der Waals surface area contributed by atoms with Crippen LogP contribution < -0.4 is 4.90 Å². The second-order valence-electron chi connectivity index (χ2n) is 4.84. The predicted octanol–water partition coefficient (Wildman–Crippen LogP) is 2.59. The molecule has 0 amide bonds. The highest BCUT2D eigenvalue weighted by Crippen LogP contribution is 2.31. The maximum Gasteiger partial charge on any atom is 0.433 e. The van der Waals surface area contributed by atoms with Crippen molar-refractivity contribution in [2.24, 2.45) is 0 Å². The smallest absolute Gasteiger partial charge is 0.372 e. The highest BCUT2D eigenvalue weighted by atomic mass is 19.4. The molecule has 2 heterocycles. The number of halogens is 3. The van der Waals surface area contributed by atoms with Gasteiger partial charge in [-0.25, -0.2) is 4.98 Å². The number of ether oxygens (including phenoxy) is 1. The Hall–Kier alpha value is -1.81. The van der Waals surface area contributed by atoms with E-state index in [1.54, 1.807) is 4.90 Å². The summed E-state index contributed by atoms with van der Waals surface area (Å²) < 4.78 is 43.7.